The number of aromatic nitrogens is 1. The van der Waals surface area contributed by atoms with Gasteiger partial charge >= 0.3 is 0 Å². The molecule has 2 aromatic rings. The summed E-state index contributed by atoms with van der Waals surface area (Å²) < 4.78 is 13.7. The number of benzene rings is 1. The van der Waals surface area contributed by atoms with E-state index < -0.39 is 0 Å². The molecule has 112 valence electrons. The van der Waals surface area contributed by atoms with Gasteiger partial charge in [-0.3, -0.25) is 0 Å². The van der Waals surface area contributed by atoms with Crippen LogP contribution in [0, 0.1) is 5.82 Å². The van der Waals surface area contributed by atoms with Crippen molar-refractivity contribution in [3.05, 3.63) is 58.5 Å². The molecule has 1 N–H and O–H groups in total. The highest BCUT2D eigenvalue weighted by molar-refractivity contribution is 6.31. The van der Waals surface area contributed by atoms with E-state index in [4.69, 9.17) is 11.6 Å². The fraction of sp³-hybridized carbons (Fsp3) is 0.312. The van der Waals surface area contributed by atoms with Crippen LogP contribution >= 0.6 is 11.6 Å². The van der Waals surface area contributed by atoms with Gasteiger partial charge in [-0.05, 0) is 24.7 Å². The topological polar surface area (TPSA) is 28.2 Å². The molecular formula is C16H19ClFN3. The van der Waals surface area contributed by atoms with Crippen molar-refractivity contribution in [2.75, 3.05) is 18.5 Å². The molecule has 0 fully saturated rings. The van der Waals surface area contributed by atoms with Gasteiger partial charge < -0.3 is 10.2 Å². The van der Waals surface area contributed by atoms with Crippen molar-refractivity contribution in [3.8, 4) is 0 Å². The Balaban J connectivity index is 2.15. The maximum Gasteiger partial charge on any atom is 0.129 e. The fourth-order valence-corrected chi connectivity index (χ4v) is 2.19. The minimum absolute atomic E-state index is 0.203. The number of hydrogen-bond donors (Lipinski definition) is 1. The molecule has 5 heteroatoms. The van der Waals surface area contributed by atoms with Crippen molar-refractivity contribution in [2.24, 2.45) is 0 Å². The molecule has 1 aromatic carbocycles. The van der Waals surface area contributed by atoms with Gasteiger partial charge in [0, 0.05) is 25.7 Å². The second kappa shape index (κ2) is 7.38. The summed E-state index contributed by atoms with van der Waals surface area (Å²) in [5, 5.41) is 3.84. The SMILES string of the molecule is CCNCc1nc(N(C)Cc2ccccc2F)ccc1Cl. The zero-order valence-electron chi connectivity index (χ0n) is 12.2. The highest BCUT2D eigenvalue weighted by atomic mass is 35.5. The molecule has 1 heterocycles. The monoisotopic (exact) mass is 307 g/mol. The summed E-state index contributed by atoms with van der Waals surface area (Å²) in [6, 6.07) is 10.4. The van der Waals surface area contributed by atoms with Crippen molar-refractivity contribution >= 4 is 17.4 Å². The molecule has 0 atom stereocenters. The molecule has 0 spiro atoms. The van der Waals surface area contributed by atoms with Crippen LogP contribution in [0.25, 0.3) is 0 Å². The predicted octanol–water partition coefficient (Wildman–Crippen LogP) is 3.62. The van der Waals surface area contributed by atoms with Crippen molar-refractivity contribution in [2.45, 2.75) is 20.0 Å². The van der Waals surface area contributed by atoms with Gasteiger partial charge in [0.2, 0.25) is 0 Å². The largest absolute Gasteiger partial charge is 0.355 e. The van der Waals surface area contributed by atoms with Gasteiger partial charge in [0.25, 0.3) is 0 Å². The molecule has 0 saturated carbocycles. The summed E-state index contributed by atoms with van der Waals surface area (Å²) in [6.07, 6.45) is 0. The molecule has 0 radical (unpaired) electrons. The number of hydrogen-bond acceptors (Lipinski definition) is 3. The fourth-order valence-electron chi connectivity index (χ4n) is 2.02. The van der Waals surface area contributed by atoms with Crippen LogP contribution in [-0.4, -0.2) is 18.6 Å². The minimum Gasteiger partial charge on any atom is -0.355 e. The molecule has 0 unspecified atom stereocenters. The first-order chi connectivity index (χ1) is 10.1. The van der Waals surface area contributed by atoms with Gasteiger partial charge in [-0.25, -0.2) is 9.37 Å². The number of anilines is 1. The Kier molecular flexibility index (Phi) is 5.53. The number of halogens is 2. The van der Waals surface area contributed by atoms with Crippen LogP contribution in [0.3, 0.4) is 0 Å². The van der Waals surface area contributed by atoms with Crippen LogP contribution < -0.4 is 10.2 Å². The van der Waals surface area contributed by atoms with E-state index >= 15 is 0 Å². The molecule has 0 aliphatic heterocycles. The third-order valence-electron chi connectivity index (χ3n) is 3.20. The molecular weight excluding hydrogens is 289 g/mol. The van der Waals surface area contributed by atoms with Crippen molar-refractivity contribution in [1.82, 2.24) is 10.3 Å². The van der Waals surface area contributed by atoms with Gasteiger partial charge in [0.1, 0.15) is 11.6 Å². The highest BCUT2D eigenvalue weighted by Gasteiger charge is 2.09. The van der Waals surface area contributed by atoms with Gasteiger partial charge in [0.05, 0.1) is 10.7 Å². The third kappa shape index (κ3) is 4.16. The number of nitrogens with zero attached hydrogens (tertiary/aromatic N) is 2. The zero-order valence-corrected chi connectivity index (χ0v) is 13.0. The lowest BCUT2D eigenvalue weighted by atomic mass is 10.2. The summed E-state index contributed by atoms with van der Waals surface area (Å²) in [7, 11) is 1.89. The van der Waals surface area contributed by atoms with Gasteiger partial charge in [-0.2, -0.15) is 0 Å². The van der Waals surface area contributed by atoms with Crippen LogP contribution in [0.4, 0.5) is 10.2 Å². The third-order valence-corrected chi connectivity index (χ3v) is 3.55. The zero-order chi connectivity index (χ0) is 15.2. The van der Waals surface area contributed by atoms with E-state index in [1.807, 2.05) is 37.1 Å². The first-order valence-electron chi connectivity index (χ1n) is 6.92. The Morgan fingerprint density at radius 1 is 1.24 bits per heavy atom. The van der Waals surface area contributed by atoms with Crippen LogP contribution in [0.5, 0.6) is 0 Å². The molecule has 0 saturated heterocycles. The second-order valence-electron chi connectivity index (χ2n) is 4.83. The standard InChI is InChI=1S/C16H19ClFN3/c1-3-19-10-15-13(17)8-9-16(20-15)21(2)11-12-6-4-5-7-14(12)18/h4-9,19H,3,10-11H2,1-2H3. The van der Waals surface area contributed by atoms with Crippen LogP contribution in [0.1, 0.15) is 18.2 Å². The second-order valence-corrected chi connectivity index (χ2v) is 5.23. The van der Waals surface area contributed by atoms with Crippen LogP contribution in [-0.2, 0) is 13.1 Å². The average Bonchev–Trinajstić information content (AvgIpc) is 2.48. The predicted molar refractivity (Wildman–Crippen MR) is 85.1 cm³/mol. The Morgan fingerprint density at radius 3 is 2.71 bits per heavy atom. The Bertz CT molecular complexity index is 604. The first kappa shape index (κ1) is 15.7. The quantitative estimate of drug-likeness (QED) is 0.883. The summed E-state index contributed by atoms with van der Waals surface area (Å²) in [5.41, 5.74) is 1.45. The highest BCUT2D eigenvalue weighted by Crippen LogP contribution is 2.20. The smallest absolute Gasteiger partial charge is 0.129 e. The first-order valence-corrected chi connectivity index (χ1v) is 7.30. The Morgan fingerprint density at radius 2 is 2.00 bits per heavy atom. The van der Waals surface area contributed by atoms with E-state index in [0.717, 1.165) is 18.1 Å². The Labute approximate surface area is 129 Å². The van der Waals surface area contributed by atoms with Crippen LogP contribution in [0.2, 0.25) is 5.02 Å². The van der Waals surface area contributed by atoms with E-state index in [1.165, 1.54) is 6.07 Å². The van der Waals surface area contributed by atoms with Gasteiger partial charge in [-0.1, -0.05) is 36.7 Å². The molecule has 2 rings (SSSR count). The van der Waals surface area contributed by atoms with E-state index in [9.17, 15) is 4.39 Å². The summed E-state index contributed by atoms with van der Waals surface area (Å²) in [6.45, 7) is 3.97. The van der Waals surface area contributed by atoms with Crippen molar-refractivity contribution < 1.29 is 4.39 Å². The number of rotatable bonds is 6. The lowest BCUT2D eigenvalue weighted by Crippen LogP contribution is -2.20. The Hall–Kier alpha value is -1.65. The van der Waals surface area contributed by atoms with Crippen LogP contribution in [0.15, 0.2) is 36.4 Å². The molecule has 3 nitrogen and oxygen atoms in total. The lowest BCUT2D eigenvalue weighted by Gasteiger charge is -2.19. The average molecular weight is 308 g/mol. The molecule has 0 aliphatic carbocycles. The van der Waals surface area contributed by atoms with E-state index in [1.54, 1.807) is 12.1 Å². The number of pyridine rings is 1. The molecule has 1 aromatic heterocycles. The normalized spacial score (nSPS) is 10.7. The van der Waals surface area contributed by atoms with E-state index in [2.05, 4.69) is 10.3 Å². The number of nitrogens with one attached hydrogen (secondary N) is 1. The van der Waals surface area contributed by atoms with Crippen molar-refractivity contribution in [1.29, 1.82) is 0 Å². The van der Waals surface area contributed by atoms with Gasteiger partial charge in [-0.15, -0.1) is 0 Å². The maximum absolute atomic E-state index is 13.7. The van der Waals surface area contributed by atoms with E-state index in [0.29, 0.717) is 23.7 Å². The molecule has 0 bridgehead atoms. The van der Waals surface area contributed by atoms with Crippen molar-refractivity contribution in [3.63, 3.8) is 0 Å². The van der Waals surface area contributed by atoms with Gasteiger partial charge in [0.15, 0.2) is 0 Å². The maximum atomic E-state index is 13.7. The minimum atomic E-state index is -0.203. The summed E-state index contributed by atoms with van der Waals surface area (Å²) >= 11 is 6.14. The molecule has 0 aliphatic rings. The summed E-state index contributed by atoms with van der Waals surface area (Å²) in [4.78, 5) is 6.45. The molecule has 0 amide bonds. The van der Waals surface area contributed by atoms with E-state index in [-0.39, 0.29) is 5.82 Å². The lowest BCUT2D eigenvalue weighted by molar-refractivity contribution is 0.607. The summed E-state index contributed by atoms with van der Waals surface area (Å²) in [5.74, 6) is 0.571. The molecule has 21 heavy (non-hydrogen) atoms.